The number of nitrogens with one attached hydrogen (secondary N) is 1. The van der Waals surface area contributed by atoms with Crippen LogP contribution in [0.5, 0.6) is 0 Å². The number of aliphatic hydroxyl groups is 1. The molecule has 0 aliphatic heterocycles. The van der Waals surface area contributed by atoms with Gasteiger partial charge in [-0.2, -0.15) is 0 Å². The molecule has 7 heteroatoms. The molecule has 0 spiro atoms. The predicted octanol–water partition coefficient (Wildman–Crippen LogP) is 2.05. The number of hydrogen-bond acceptors (Lipinski definition) is 4. The number of rotatable bonds is 10. The number of carbonyl (C=O) groups excluding carboxylic acids is 3. The average Bonchev–Trinajstić information content (AvgIpc) is 2.83. The van der Waals surface area contributed by atoms with Gasteiger partial charge in [-0.05, 0) is 35.2 Å². The van der Waals surface area contributed by atoms with Crippen LogP contribution in [-0.2, 0) is 27.2 Å². The average molecular weight is 462 g/mol. The molecule has 0 unspecified atom stereocenters. The van der Waals surface area contributed by atoms with Crippen molar-refractivity contribution in [2.45, 2.75) is 31.9 Å². The first-order valence-electron chi connectivity index (χ1n) is 11.3. The van der Waals surface area contributed by atoms with Crippen LogP contribution in [0, 0.1) is 5.92 Å². The number of fused-ring (bicyclic) bond motifs is 1. The standard InChI is InChI=1S/C27H31N3O4/c1-18(31)17-29-26(33)24(16-19-8-4-3-5-9-19)30(2)27(34)23(25(28)32)15-20-12-13-21-10-6-7-11-22(21)14-20/h3-14,18,23-24,31H,15-17H2,1-2H3,(H2,28,32)(H,29,33)/t18-,23-,24-/m1/s1. The topological polar surface area (TPSA) is 113 Å². The molecule has 3 aromatic rings. The van der Waals surface area contributed by atoms with Gasteiger partial charge < -0.3 is 21.1 Å². The summed E-state index contributed by atoms with van der Waals surface area (Å²) in [6.07, 6.45) is -0.332. The normalized spacial score (nSPS) is 13.6. The second-order valence-corrected chi connectivity index (χ2v) is 8.59. The predicted molar refractivity (Wildman–Crippen MR) is 132 cm³/mol. The van der Waals surface area contributed by atoms with E-state index in [2.05, 4.69) is 5.32 Å². The van der Waals surface area contributed by atoms with Crippen molar-refractivity contribution in [3.63, 3.8) is 0 Å². The molecule has 0 bridgehead atoms. The number of amides is 3. The zero-order valence-electron chi connectivity index (χ0n) is 19.5. The maximum absolute atomic E-state index is 13.4. The number of nitrogens with two attached hydrogens (primary N) is 1. The van der Waals surface area contributed by atoms with Crippen LogP contribution in [0.15, 0.2) is 72.8 Å². The molecule has 0 radical (unpaired) electrons. The maximum atomic E-state index is 13.4. The number of aliphatic hydroxyl groups excluding tert-OH is 1. The van der Waals surface area contributed by atoms with Crippen LogP contribution in [0.25, 0.3) is 10.8 Å². The Bertz CT molecular complexity index is 1150. The molecule has 3 atom stereocenters. The van der Waals surface area contributed by atoms with E-state index in [1.165, 1.54) is 11.9 Å². The van der Waals surface area contributed by atoms with Crippen molar-refractivity contribution in [3.8, 4) is 0 Å². The minimum atomic E-state index is -1.12. The smallest absolute Gasteiger partial charge is 0.243 e. The van der Waals surface area contributed by atoms with Gasteiger partial charge in [0.15, 0.2) is 0 Å². The molecular weight excluding hydrogens is 430 g/mol. The molecule has 0 fully saturated rings. The molecule has 3 rings (SSSR count). The Kier molecular flexibility index (Phi) is 8.38. The summed E-state index contributed by atoms with van der Waals surface area (Å²) in [5.41, 5.74) is 7.32. The first-order valence-corrected chi connectivity index (χ1v) is 11.3. The number of likely N-dealkylation sites (N-methyl/N-ethyl adjacent to an activating group) is 1. The Morgan fingerprint density at radius 1 is 0.912 bits per heavy atom. The highest BCUT2D eigenvalue weighted by molar-refractivity contribution is 6.01. The largest absolute Gasteiger partial charge is 0.392 e. The van der Waals surface area contributed by atoms with E-state index in [1.807, 2.05) is 72.8 Å². The Labute approximate surface area is 199 Å². The van der Waals surface area contributed by atoms with E-state index in [0.29, 0.717) is 0 Å². The van der Waals surface area contributed by atoms with Crippen LogP contribution < -0.4 is 11.1 Å². The van der Waals surface area contributed by atoms with Gasteiger partial charge in [-0.3, -0.25) is 14.4 Å². The zero-order valence-corrected chi connectivity index (χ0v) is 19.5. The summed E-state index contributed by atoms with van der Waals surface area (Å²) in [7, 11) is 1.51. The third-order valence-electron chi connectivity index (χ3n) is 5.86. The summed E-state index contributed by atoms with van der Waals surface area (Å²) >= 11 is 0. The highest BCUT2D eigenvalue weighted by Crippen LogP contribution is 2.20. The minimum Gasteiger partial charge on any atom is -0.392 e. The number of benzene rings is 3. The Morgan fingerprint density at radius 2 is 1.56 bits per heavy atom. The van der Waals surface area contributed by atoms with Gasteiger partial charge in [0.05, 0.1) is 6.10 Å². The Morgan fingerprint density at radius 3 is 2.21 bits per heavy atom. The van der Waals surface area contributed by atoms with Crippen molar-refractivity contribution >= 4 is 28.5 Å². The van der Waals surface area contributed by atoms with E-state index in [9.17, 15) is 19.5 Å². The number of primary amides is 1. The highest BCUT2D eigenvalue weighted by atomic mass is 16.3. The van der Waals surface area contributed by atoms with Crippen LogP contribution in [0.1, 0.15) is 18.1 Å². The van der Waals surface area contributed by atoms with Gasteiger partial charge in [0.2, 0.25) is 17.7 Å². The molecule has 0 aromatic heterocycles. The lowest BCUT2D eigenvalue weighted by Crippen LogP contribution is -2.53. The van der Waals surface area contributed by atoms with E-state index >= 15 is 0 Å². The fourth-order valence-electron chi connectivity index (χ4n) is 3.92. The van der Waals surface area contributed by atoms with E-state index in [0.717, 1.165) is 21.9 Å². The fraction of sp³-hybridized carbons (Fsp3) is 0.296. The summed E-state index contributed by atoms with van der Waals surface area (Å²) in [6, 6.07) is 22.0. The Balaban J connectivity index is 1.83. The highest BCUT2D eigenvalue weighted by Gasteiger charge is 2.34. The summed E-state index contributed by atoms with van der Waals surface area (Å²) in [5, 5.41) is 14.3. The monoisotopic (exact) mass is 461 g/mol. The van der Waals surface area contributed by atoms with E-state index < -0.39 is 35.8 Å². The molecule has 34 heavy (non-hydrogen) atoms. The summed E-state index contributed by atoms with van der Waals surface area (Å²) in [5.74, 6) is -2.79. The van der Waals surface area contributed by atoms with E-state index in [1.54, 1.807) is 6.92 Å². The molecule has 0 aliphatic carbocycles. The van der Waals surface area contributed by atoms with Crippen molar-refractivity contribution in [2.24, 2.45) is 11.7 Å². The van der Waals surface area contributed by atoms with Gasteiger partial charge in [0.25, 0.3) is 0 Å². The first kappa shape index (κ1) is 24.9. The zero-order chi connectivity index (χ0) is 24.7. The molecule has 4 N–H and O–H groups in total. The van der Waals surface area contributed by atoms with Gasteiger partial charge in [-0.15, -0.1) is 0 Å². The molecule has 0 heterocycles. The Hall–Kier alpha value is -3.71. The third-order valence-corrected chi connectivity index (χ3v) is 5.86. The SMILES string of the molecule is C[C@@H](O)CNC(=O)[C@@H](Cc1ccccc1)N(C)C(=O)[C@H](Cc1ccc2ccccc2c1)C(N)=O. The van der Waals surface area contributed by atoms with Gasteiger partial charge >= 0.3 is 0 Å². The second kappa shape index (κ2) is 11.4. The summed E-state index contributed by atoms with van der Waals surface area (Å²) in [4.78, 5) is 40.0. The minimum absolute atomic E-state index is 0.0580. The number of hydrogen-bond donors (Lipinski definition) is 3. The van der Waals surface area contributed by atoms with Gasteiger partial charge in [-0.25, -0.2) is 0 Å². The van der Waals surface area contributed by atoms with Gasteiger partial charge in [-0.1, -0.05) is 72.8 Å². The van der Waals surface area contributed by atoms with Gasteiger partial charge in [0, 0.05) is 20.0 Å². The molecule has 178 valence electrons. The molecule has 0 saturated carbocycles. The lowest BCUT2D eigenvalue weighted by molar-refractivity contribution is -0.145. The molecule has 3 aromatic carbocycles. The third kappa shape index (κ3) is 6.42. The molecular formula is C27H31N3O4. The van der Waals surface area contributed by atoms with Crippen molar-refractivity contribution < 1.29 is 19.5 Å². The quantitative estimate of drug-likeness (QED) is 0.401. The van der Waals surface area contributed by atoms with Crippen molar-refractivity contribution in [1.82, 2.24) is 10.2 Å². The first-order chi connectivity index (χ1) is 16.3. The summed E-state index contributed by atoms with van der Waals surface area (Å²) < 4.78 is 0. The van der Waals surface area contributed by atoms with E-state index in [4.69, 9.17) is 5.73 Å². The van der Waals surface area contributed by atoms with Crippen LogP contribution in [0.3, 0.4) is 0 Å². The van der Waals surface area contributed by atoms with Gasteiger partial charge in [0.1, 0.15) is 12.0 Å². The maximum Gasteiger partial charge on any atom is 0.243 e. The molecule has 3 amide bonds. The van der Waals surface area contributed by atoms with Crippen LogP contribution in [0.2, 0.25) is 0 Å². The van der Waals surface area contributed by atoms with Crippen molar-refractivity contribution in [3.05, 3.63) is 83.9 Å². The molecule has 0 aliphatic rings. The van der Waals surface area contributed by atoms with Crippen LogP contribution in [-0.4, -0.2) is 53.5 Å². The van der Waals surface area contributed by atoms with E-state index in [-0.39, 0.29) is 19.4 Å². The number of carbonyl (C=O) groups is 3. The molecule has 0 saturated heterocycles. The second-order valence-electron chi connectivity index (χ2n) is 8.59. The fourth-order valence-corrected chi connectivity index (χ4v) is 3.92. The van der Waals surface area contributed by atoms with Crippen LogP contribution in [0.4, 0.5) is 0 Å². The number of nitrogens with zero attached hydrogens (tertiary/aromatic N) is 1. The van der Waals surface area contributed by atoms with Crippen molar-refractivity contribution in [2.75, 3.05) is 13.6 Å². The van der Waals surface area contributed by atoms with Crippen LogP contribution >= 0.6 is 0 Å². The lowest BCUT2D eigenvalue weighted by atomic mass is 9.94. The lowest BCUT2D eigenvalue weighted by Gasteiger charge is -2.30. The van der Waals surface area contributed by atoms with Crippen molar-refractivity contribution in [1.29, 1.82) is 0 Å². The molecule has 7 nitrogen and oxygen atoms in total. The summed E-state index contributed by atoms with van der Waals surface area (Å²) in [6.45, 7) is 1.62.